The first-order valence-electron chi connectivity index (χ1n) is 8.44. The number of amides is 2. The largest absolute Gasteiger partial charge is 0.396 e. The summed E-state index contributed by atoms with van der Waals surface area (Å²) in [6.45, 7) is 6.83. The van der Waals surface area contributed by atoms with Crippen LogP contribution in [-0.4, -0.2) is 64.5 Å². The first-order valence-corrected chi connectivity index (χ1v) is 9.32. The third kappa shape index (κ3) is 2.37. The van der Waals surface area contributed by atoms with Crippen LogP contribution < -0.4 is 0 Å². The standard InChI is InChI=1S/C17H23N3O3S/c1-16(2)3-12(16)14(22)20-8-17(9-20)7-19(5-11(17)6-21)15(23)13-4-18-10-24-13/h4,10-12,21H,3,5-9H2,1-2H3/t11-,12-/m1/s1. The van der Waals surface area contributed by atoms with Gasteiger partial charge in [-0.3, -0.25) is 14.6 Å². The van der Waals surface area contributed by atoms with Crippen LogP contribution in [0.1, 0.15) is 29.9 Å². The summed E-state index contributed by atoms with van der Waals surface area (Å²) in [6.07, 6.45) is 2.56. The molecule has 2 aliphatic heterocycles. The van der Waals surface area contributed by atoms with Gasteiger partial charge in [-0.2, -0.15) is 0 Å². The Hall–Kier alpha value is -1.47. The predicted molar refractivity (Wildman–Crippen MR) is 89.5 cm³/mol. The van der Waals surface area contributed by atoms with E-state index in [1.807, 2.05) is 9.80 Å². The summed E-state index contributed by atoms with van der Waals surface area (Å²) in [5, 5.41) is 9.78. The molecule has 0 unspecified atom stereocenters. The maximum Gasteiger partial charge on any atom is 0.265 e. The Morgan fingerprint density at radius 1 is 1.33 bits per heavy atom. The van der Waals surface area contributed by atoms with E-state index in [2.05, 4.69) is 18.8 Å². The quantitative estimate of drug-likeness (QED) is 0.886. The molecule has 3 heterocycles. The number of aromatic nitrogens is 1. The van der Waals surface area contributed by atoms with Gasteiger partial charge in [-0.25, -0.2) is 0 Å². The van der Waals surface area contributed by atoms with Gasteiger partial charge in [0.25, 0.3) is 5.91 Å². The molecule has 3 fully saturated rings. The Morgan fingerprint density at radius 3 is 2.54 bits per heavy atom. The minimum atomic E-state index is -0.135. The van der Waals surface area contributed by atoms with Crippen LogP contribution in [-0.2, 0) is 4.79 Å². The Morgan fingerprint density at radius 2 is 2.00 bits per heavy atom. The van der Waals surface area contributed by atoms with E-state index in [0.29, 0.717) is 31.1 Å². The van der Waals surface area contributed by atoms with Crippen LogP contribution in [0, 0.1) is 22.7 Å². The lowest BCUT2D eigenvalue weighted by molar-refractivity contribution is -0.148. The summed E-state index contributed by atoms with van der Waals surface area (Å²) in [5.74, 6) is 0.430. The molecule has 2 atom stereocenters. The maximum atomic E-state index is 12.6. The number of hydrogen-bond acceptors (Lipinski definition) is 5. The highest BCUT2D eigenvalue weighted by Gasteiger charge is 2.60. The van der Waals surface area contributed by atoms with E-state index in [4.69, 9.17) is 0 Å². The van der Waals surface area contributed by atoms with Crippen molar-refractivity contribution in [3.8, 4) is 0 Å². The van der Waals surface area contributed by atoms with Crippen LogP contribution in [0.5, 0.6) is 0 Å². The van der Waals surface area contributed by atoms with E-state index in [-0.39, 0.29) is 41.1 Å². The number of likely N-dealkylation sites (tertiary alicyclic amines) is 2. The van der Waals surface area contributed by atoms with Crippen molar-refractivity contribution in [3.63, 3.8) is 0 Å². The molecule has 1 aliphatic carbocycles. The van der Waals surface area contributed by atoms with Crippen molar-refractivity contribution in [3.05, 3.63) is 16.6 Å². The van der Waals surface area contributed by atoms with Crippen molar-refractivity contribution < 1.29 is 14.7 Å². The van der Waals surface area contributed by atoms with Crippen molar-refractivity contribution in [2.45, 2.75) is 20.3 Å². The molecule has 7 heteroatoms. The fraction of sp³-hybridized carbons (Fsp3) is 0.706. The van der Waals surface area contributed by atoms with Gasteiger partial charge in [0.05, 0.1) is 11.7 Å². The number of rotatable bonds is 3. The molecule has 3 aliphatic rings. The second-order valence-electron chi connectivity index (χ2n) is 8.23. The average Bonchev–Trinajstić information content (AvgIpc) is 2.94. The van der Waals surface area contributed by atoms with Crippen LogP contribution in [0.25, 0.3) is 0 Å². The van der Waals surface area contributed by atoms with Gasteiger partial charge in [-0.1, -0.05) is 13.8 Å². The molecule has 24 heavy (non-hydrogen) atoms. The third-order valence-corrected chi connectivity index (χ3v) is 6.86. The molecule has 2 amide bonds. The number of thiazole rings is 1. The van der Waals surface area contributed by atoms with Gasteiger partial charge in [0, 0.05) is 50.0 Å². The highest BCUT2D eigenvalue weighted by molar-refractivity contribution is 7.11. The van der Waals surface area contributed by atoms with Crippen LogP contribution in [0.2, 0.25) is 0 Å². The minimum absolute atomic E-state index is 0.0130. The number of nitrogens with zero attached hydrogens (tertiary/aromatic N) is 3. The lowest BCUT2D eigenvalue weighted by atomic mass is 9.71. The predicted octanol–water partition coefficient (Wildman–Crippen LogP) is 1.08. The van der Waals surface area contributed by atoms with Gasteiger partial charge in [0.2, 0.25) is 5.91 Å². The first-order chi connectivity index (χ1) is 11.4. The molecule has 1 spiro atoms. The van der Waals surface area contributed by atoms with Gasteiger partial charge >= 0.3 is 0 Å². The molecule has 1 saturated carbocycles. The lowest BCUT2D eigenvalue weighted by Crippen LogP contribution is -2.63. The molecule has 4 rings (SSSR count). The number of carbonyl (C=O) groups is 2. The Bertz CT molecular complexity index is 667. The lowest BCUT2D eigenvalue weighted by Gasteiger charge is -2.50. The van der Waals surface area contributed by atoms with Gasteiger partial charge in [-0.15, -0.1) is 11.3 Å². The topological polar surface area (TPSA) is 73.7 Å². The Kier molecular flexibility index (Phi) is 3.51. The summed E-state index contributed by atoms with van der Waals surface area (Å²) in [5.41, 5.74) is 1.66. The zero-order valence-electron chi connectivity index (χ0n) is 14.1. The van der Waals surface area contributed by atoms with Gasteiger partial charge in [-0.05, 0) is 11.8 Å². The molecule has 0 bridgehead atoms. The Balaban J connectivity index is 1.43. The Labute approximate surface area is 145 Å². The summed E-state index contributed by atoms with van der Waals surface area (Å²) < 4.78 is 0. The van der Waals surface area contributed by atoms with E-state index in [9.17, 15) is 14.7 Å². The van der Waals surface area contributed by atoms with E-state index in [0.717, 1.165) is 6.42 Å². The van der Waals surface area contributed by atoms with E-state index in [1.54, 1.807) is 11.7 Å². The van der Waals surface area contributed by atoms with Crippen molar-refractivity contribution in [2.24, 2.45) is 22.7 Å². The normalized spacial score (nSPS) is 29.6. The first kappa shape index (κ1) is 16.0. The molecule has 0 radical (unpaired) electrons. The van der Waals surface area contributed by atoms with Crippen LogP contribution in [0.4, 0.5) is 0 Å². The van der Waals surface area contributed by atoms with Gasteiger partial charge in [0.1, 0.15) is 4.88 Å². The molecule has 2 saturated heterocycles. The molecule has 1 aromatic heterocycles. The van der Waals surface area contributed by atoms with Crippen molar-refractivity contribution in [1.29, 1.82) is 0 Å². The molecule has 6 nitrogen and oxygen atoms in total. The number of aliphatic hydroxyl groups is 1. The summed E-state index contributed by atoms with van der Waals surface area (Å²) >= 11 is 1.34. The fourth-order valence-corrected chi connectivity index (χ4v) is 4.84. The van der Waals surface area contributed by atoms with Crippen molar-refractivity contribution >= 4 is 23.2 Å². The number of carbonyl (C=O) groups excluding carboxylic acids is 2. The summed E-state index contributed by atoms with van der Waals surface area (Å²) in [6, 6.07) is 0. The van der Waals surface area contributed by atoms with Crippen molar-refractivity contribution in [2.75, 3.05) is 32.8 Å². The molecular weight excluding hydrogens is 326 g/mol. The van der Waals surface area contributed by atoms with E-state index in [1.165, 1.54) is 11.3 Å². The molecule has 1 N–H and O–H groups in total. The third-order valence-electron chi connectivity index (χ3n) is 6.10. The SMILES string of the molecule is CC1(C)C[C@@H]1C(=O)N1CC2(CN(C(=O)c3cncs3)C[C@@H]2CO)C1. The zero-order valence-corrected chi connectivity index (χ0v) is 14.9. The second-order valence-corrected chi connectivity index (χ2v) is 9.12. The van der Waals surface area contributed by atoms with Gasteiger partial charge < -0.3 is 14.9 Å². The molecule has 130 valence electrons. The van der Waals surface area contributed by atoms with Crippen LogP contribution >= 0.6 is 11.3 Å². The summed E-state index contributed by atoms with van der Waals surface area (Å²) in [4.78, 5) is 33.4. The maximum absolute atomic E-state index is 12.6. The smallest absolute Gasteiger partial charge is 0.265 e. The molecule has 0 aromatic carbocycles. The number of aliphatic hydroxyl groups excluding tert-OH is 1. The van der Waals surface area contributed by atoms with E-state index < -0.39 is 0 Å². The minimum Gasteiger partial charge on any atom is -0.396 e. The summed E-state index contributed by atoms with van der Waals surface area (Å²) in [7, 11) is 0. The van der Waals surface area contributed by atoms with Crippen LogP contribution in [0.15, 0.2) is 11.7 Å². The highest BCUT2D eigenvalue weighted by atomic mass is 32.1. The fourth-order valence-electron chi connectivity index (χ4n) is 4.25. The number of hydrogen-bond donors (Lipinski definition) is 1. The monoisotopic (exact) mass is 349 g/mol. The molecule has 1 aromatic rings. The molecular formula is C17H23N3O3S. The van der Waals surface area contributed by atoms with Gasteiger partial charge in [0.15, 0.2) is 0 Å². The highest BCUT2D eigenvalue weighted by Crippen LogP contribution is 2.54. The van der Waals surface area contributed by atoms with Crippen molar-refractivity contribution in [1.82, 2.24) is 14.8 Å². The second kappa shape index (κ2) is 5.26. The zero-order chi connectivity index (χ0) is 17.1. The van der Waals surface area contributed by atoms with Crippen LogP contribution in [0.3, 0.4) is 0 Å². The van der Waals surface area contributed by atoms with E-state index >= 15 is 0 Å². The average molecular weight is 349 g/mol.